The van der Waals surface area contributed by atoms with Gasteiger partial charge < -0.3 is 9.15 Å². The molecule has 1 aliphatic heterocycles. The number of hydrogen-bond acceptors (Lipinski definition) is 7. The van der Waals surface area contributed by atoms with Crippen LogP contribution in [0.25, 0.3) is 0 Å². The lowest BCUT2D eigenvalue weighted by atomic mass is 10.3. The van der Waals surface area contributed by atoms with Crippen LogP contribution in [0.3, 0.4) is 0 Å². The van der Waals surface area contributed by atoms with E-state index in [1.54, 1.807) is 13.0 Å². The highest BCUT2D eigenvalue weighted by atomic mass is 32.2. The topological polar surface area (TPSA) is 137 Å². The van der Waals surface area contributed by atoms with Crippen LogP contribution in [0.2, 0.25) is 0 Å². The highest BCUT2D eigenvalue weighted by Gasteiger charge is 2.33. The van der Waals surface area contributed by atoms with Gasteiger partial charge in [-0.25, -0.2) is 26.8 Å². The Morgan fingerprint density at radius 2 is 1.74 bits per heavy atom. The number of hydrogen-bond donors (Lipinski definition) is 1. The van der Waals surface area contributed by atoms with Crippen molar-refractivity contribution in [1.29, 1.82) is 0 Å². The van der Waals surface area contributed by atoms with E-state index >= 15 is 0 Å². The van der Waals surface area contributed by atoms with E-state index in [0.717, 1.165) is 12.1 Å². The zero-order valence-electron chi connectivity index (χ0n) is 14.4. The lowest BCUT2D eigenvalue weighted by Gasteiger charge is -2.17. The molecule has 0 aliphatic carbocycles. The van der Waals surface area contributed by atoms with Crippen LogP contribution in [-0.4, -0.2) is 40.3 Å². The second kappa shape index (κ2) is 7.08. The summed E-state index contributed by atoms with van der Waals surface area (Å²) in [6.07, 6.45) is 0.0398. The molecule has 2 aromatic rings. The van der Waals surface area contributed by atoms with Gasteiger partial charge in [0.2, 0.25) is 20.0 Å². The van der Waals surface area contributed by atoms with Crippen LogP contribution in [-0.2, 0) is 20.0 Å². The normalized spacial score (nSPS) is 18.5. The van der Waals surface area contributed by atoms with Gasteiger partial charge in [0.1, 0.15) is 17.6 Å². The summed E-state index contributed by atoms with van der Waals surface area (Å²) in [7, 11) is -7.70. The van der Waals surface area contributed by atoms with Gasteiger partial charge in [-0.3, -0.25) is 0 Å². The van der Waals surface area contributed by atoms with Crippen LogP contribution >= 0.6 is 0 Å². The Bertz CT molecular complexity index is 1110. The highest BCUT2D eigenvalue weighted by Crippen LogP contribution is 2.24. The van der Waals surface area contributed by atoms with Gasteiger partial charge in [-0.05, 0) is 37.6 Å². The lowest BCUT2D eigenvalue weighted by Crippen LogP contribution is -2.31. The first-order chi connectivity index (χ1) is 12.6. The first kappa shape index (κ1) is 19.5. The molecule has 2 heterocycles. The molecule has 1 aromatic heterocycles. The maximum Gasteiger partial charge on any atom is 0.339 e. The summed E-state index contributed by atoms with van der Waals surface area (Å²) in [4.78, 5) is 11.2. The number of ether oxygens (including phenoxy) is 1. The molecule has 0 bridgehead atoms. The molecule has 1 aromatic carbocycles. The SMILES string of the molecule is Cc1cc(OC2CCN(S(=O)(=O)c3ccc(S(N)(=O)=O)cc3)C2)cc(=O)o1. The fourth-order valence-corrected chi connectivity index (χ4v) is 4.80. The minimum Gasteiger partial charge on any atom is -0.489 e. The number of primary sulfonamides is 1. The smallest absolute Gasteiger partial charge is 0.339 e. The summed E-state index contributed by atoms with van der Waals surface area (Å²) in [6.45, 7) is 1.97. The van der Waals surface area contributed by atoms with Crippen molar-refractivity contribution in [2.45, 2.75) is 29.2 Å². The minimum absolute atomic E-state index is 0.0354. The maximum absolute atomic E-state index is 12.7. The third kappa shape index (κ3) is 4.38. The van der Waals surface area contributed by atoms with Crippen LogP contribution in [0.4, 0.5) is 0 Å². The van der Waals surface area contributed by atoms with Gasteiger partial charge in [-0.15, -0.1) is 0 Å². The molecule has 1 aliphatic rings. The first-order valence-corrected chi connectivity index (χ1v) is 11.0. The predicted octanol–water partition coefficient (Wildman–Crippen LogP) is 0.438. The predicted molar refractivity (Wildman–Crippen MR) is 95.3 cm³/mol. The van der Waals surface area contributed by atoms with E-state index < -0.39 is 31.8 Å². The fraction of sp³-hybridized carbons (Fsp3) is 0.312. The molecule has 27 heavy (non-hydrogen) atoms. The molecule has 0 saturated carbocycles. The van der Waals surface area contributed by atoms with Gasteiger partial charge in [0, 0.05) is 12.6 Å². The summed E-state index contributed by atoms with van der Waals surface area (Å²) in [5, 5.41) is 5.02. The maximum atomic E-state index is 12.7. The third-order valence-corrected chi connectivity index (χ3v) is 6.88. The van der Waals surface area contributed by atoms with E-state index in [4.69, 9.17) is 14.3 Å². The molecule has 0 radical (unpaired) electrons. The van der Waals surface area contributed by atoms with Gasteiger partial charge in [0.15, 0.2) is 0 Å². The molecule has 146 valence electrons. The monoisotopic (exact) mass is 414 g/mol. The summed E-state index contributed by atoms with van der Waals surface area (Å²) in [6, 6.07) is 7.47. The number of nitrogens with two attached hydrogens (primary N) is 1. The molecule has 1 fully saturated rings. The Hall–Kier alpha value is -2.21. The third-order valence-electron chi connectivity index (χ3n) is 4.07. The van der Waals surface area contributed by atoms with E-state index in [9.17, 15) is 21.6 Å². The van der Waals surface area contributed by atoms with Gasteiger partial charge in [-0.2, -0.15) is 4.31 Å². The molecule has 1 unspecified atom stereocenters. The Labute approximate surface area is 156 Å². The van der Waals surface area contributed by atoms with Gasteiger partial charge in [0.05, 0.1) is 22.4 Å². The summed E-state index contributed by atoms with van der Waals surface area (Å²) < 4.78 is 59.8. The Balaban J connectivity index is 1.74. The zero-order valence-corrected chi connectivity index (χ0v) is 16.0. The molecule has 0 spiro atoms. The number of benzene rings is 1. The van der Waals surface area contributed by atoms with Crippen molar-refractivity contribution in [3.8, 4) is 5.75 Å². The molecule has 9 nitrogen and oxygen atoms in total. The van der Waals surface area contributed by atoms with E-state index in [2.05, 4.69) is 0 Å². The lowest BCUT2D eigenvalue weighted by molar-refractivity contribution is 0.213. The van der Waals surface area contributed by atoms with Crippen LogP contribution in [0.5, 0.6) is 5.75 Å². The average molecular weight is 414 g/mol. The zero-order chi connectivity index (χ0) is 19.8. The van der Waals surface area contributed by atoms with Crippen molar-refractivity contribution < 1.29 is 26.0 Å². The van der Waals surface area contributed by atoms with Gasteiger partial charge in [0.25, 0.3) is 0 Å². The fourth-order valence-electron chi connectivity index (χ4n) is 2.80. The summed E-state index contributed by atoms with van der Waals surface area (Å²) in [5.41, 5.74) is -0.539. The van der Waals surface area contributed by atoms with E-state index in [0.29, 0.717) is 17.9 Å². The number of rotatable bonds is 5. The molecule has 1 atom stereocenters. The molecular formula is C16H18N2O7S2. The molecule has 1 saturated heterocycles. The number of nitrogens with zero attached hydrogens (tertiary/aromatic N) is 1. The molecular weight excluding hydrogens is 396 g/mol. The van der Waals surface area contributed by atoms with E-state index in [1.807, 2.05) is 0 Å². The van der Waals surface area contributed by atoms with Crippen molar-refractivity contribution in [2.24, 2.45) is 5.14 Å². The van der Waals surface area contributed by atoms with E-state index in [1.165, 1.54) is 22.5 Å². The molecule has 2 N–H and O–H groups in total. The van der Waals surface area contributed by atoms with Gasteiger partial charge >= 0.3 is 5.63 Å². The van der Waals surface area contributed by atoms with Crippen molar-refractivity contribution in [3.05, 3.63) is 52.6 Å². The van der Waals surface area contributed by atoms with Crippen LogP contribution in [0.15, 0.2) is 55.4 Å². The second-order valence-corrected chi connectivity index (χ2v) is 9.63. The second-order valence-electron chi connectivity index (χ2n) is 6.13. The van der Waals surface area contributed by atoms with Crippen molar-refractivity contribution in [3.63, 3.8) is 0 Å². The van der Waals surface area contributed by atoms with Crippen molar-refractivity contribution in [1.82, 2.24) is 4.31 Å². The largest absolute Gasteiger partial charge is 0.489 e. The van der Waals surface area contributed by atoms with Crippen molar-refractivity contribution >= 4 is 20.0 Å². The average Bonchev–Trinajstić information content (AvgIpc) is 3.02. The Morgan fingerprint density at radius 1 is 1.11 bits per heavy atom. The van der Waals surface area contributed by atoms with Crippen LogP contribution in [0, 0.1) is 6.92 Å². The first-order valence-electron chi connectivity index (χ1n) is 7.97. The Morgan fingerprint density at radius 3 is 2.33 bits per heavy atom. The Kier molecular flexibility index (Phi) is 5.12. The molecule has 0 amide bonds. The number of sulfonamides is 2. The number of aryl methyl sites for hydroxylation is 1. The van der Waals surface area contributed by atoms with Crippen LogP contribution < -0.4 is 15.5 Å². The van der Waals surface area contributed by atoms with Crippen molar-refractivity contribution in [2.75, 3.05) is 13.1 Å². The quantitative estimate of drug-likeness (QED) is 0.749. The molecule has 3 rings (SSSR count). The van der Waals surface area contributed by atoms with E-state index in [-0.39, 0.29) is 22.9 Å². The standard InChI is InChI=1S/C16H18N2O7S2/c1-11-8-13(9-16(19)24-11)25-12-6-7-18(10-12)27(22,23)15-4-2-14(3-5-15)26(17,20)21/h2-5,8-9,12H,6-7,10H2,1H3,(H2,17,20,21). The summed E-state index contributed by atoms with van der Waals surface area (Å²) in [5.74, 6) is 0.723. The highest BCUT2D eigenvalue weighted by molar-refractivity contribution is 7.89. The van der Waals surface area contributed by atoms with Crippen LogP contribution in [0.1, 0.15) is 12.2 Å². The summed E-state index contributed by atoms with van der Waals surface area (Å²) >= 11 is 0. The minimum atomic E-state index is -3.90. The molecule has 11 heteroatoms. The van der Waals surface area contributed by atoms with Gasteiger partial charge in [-0.1, -0.05) is 0 Å².